The Kier molecular flexibility index (Phi) is 6.54. The van der Waals surface area contributed by atoms with Gasteiger partial charge in [0, 0.05) is 23.4 Å². The number of benzene rings is 1. The summed E-state index contributed by atoms with van der Waals surface area (Å²) in [5.41, 5.74) is 7.82. The van der Waals surface area contributed by atoms with Crippen LogP contribution in [0.3, 0.4) is 0 Å². The van der Waals surface area contributed by atoms with E-state index in [1.54, 1.807) is 14.2 Å². The van der Waals surface area contributed by atoms with Crippen LogP contribution in [0.15, 0.2) is 12.1 Å². The van der Waals surface area contributed by atoms with Crippen LogP contribution in [0.1, 0.15) is 24.8 Å². The molecule has 2 N–H and O–H groups in total. The first-order valence-corrected chi connectivity index (χ1v) is 8.44. The highest BCUT2D eigenvalue weighted by molar-refractivity contribution is 5.57. The second-order valence-electron chi connectivity index (χ2n) is 6.53. The van der Waals surface area contributed by atoms with E-state index in [0.717, 1.165) is 36.4 Å². The van der Waals surface area contributed by atoms with Crippen molar-refractivity contribution in [3.8, 4) is 11.5 Å². The van der Waals surface area contributed by atoms with Crippen molar-refractivity contribution < 1.29 is 9.47 Å². The van der Waals surface area contributed by atoms with E-state index in [0.29, 0.717) is 11.8 Å². The second kappa shape index (κ2) is 8.41. The van der Waals surface area contributed by atoms with Crippen molar-refractivity contribution in [1.82, 2.24) is 9.80 Å². The minimum atomic E-state index is 0.712. The summed E-state index contributed by atoms with van der Waals surface area (Å²) in [5, 5.41) is 0. The summed E-state index contributed by atoms with van der Waals surface area (Å²) in [6.07, 6.45) is 4.57. The van der Waals surface area contributed by atoms with Crippen LogP contribution in [0, 0.1) is 0 Å². The number of methoxy groups -OCH3 is 2. The van der Waals surface area contributed by atoms with Gasteiger partial charge in [-0.15, -0.1) is 0 Å². The topological polar surface area (TPSA) is 51.0 Å². The standard InChI is InChI=1S/C18H31N3O2/c1-20-10-7-16(8-11-20)21(2)9-5-6-14-12-15(19)13-17(22-3)18(14)23-4/h12-13,16H,5-11,19H2,1-4H3. The number of aryl methyl sites for hydroxylation is 1. The highest BCUT2D eigenvalue weighted by atomic mass is 16.5. The zero-order chi connectivity index (χ0) is 16.8. The molecule has 130 valence electrons. The highest BCUT2D eigenvalue weighted by Gasteiger charge is 2.20. The van der Waals surface area contributed by atoms with Crippen molar-refractivity contribution in [2.75, 3.05) is 53.7 Å². The minimum absolute atomic E-state index is 0.712. The molecule has 0 bridgehead atoms. The fourth-order valence-corrected chi connectivity index (χ4v) is 3.39. The molecule has 1 saturated heterocycles. The number of ether oxygens (including phenoxy) is 2. The van der Waals surface area contributed by atoms with Gasteiger partial charge in [0.15, 0.2) is 11.5 Å². The summed E-state index contributed by atoms with van der Waals surface area (Å²) < 4.78 is 10.9. The van der Waals surface area contributed by atoms with E-state index >= 15 is 0 Å². The quantitative estimate of drug-likeness (QED) is 0.781. The molecule has 0 spiro atoms. The van der Waals surface area contributed by atoms with E-state index in [-0.39, 0.29) is 0 Å². The van der Waals surface area contributed by atoms with Gasteiger partial charge in [-0.2, -0.15) is 0 Å². The number of anilines is 1. The predicted molar refractivity (Wildman–Crippen MR) is 95.4 cm³/mol. The van der Waals surface area contributed by atoms with Gasteiger partial charge in [0.05, 0.1) is 14.2 Å². The Hall–Kier alpha value is -1.46. The van der Waals surface area contributed by atoms with E-state index in [4.69, 9.17) is 15.2 Å². The SMILES string of the molecule is COc1cc(N)cc(CCCN(C)C2CCN(C)CC2)c1OC. The van der Waals surface area contributed by atoms with Crippen molar-refractivity contribution in [1.29, 1.82) is 0 Å². The Balaban J connectivity index is 1.89. The molecule has 0 radical (unpaired) electrons. The van der Waals surface area contributed by atoms with Crippen LogP contribution in [0.2, 0.25) is 0 Å². The lowest BCUT2D eigenvalue weighted by molar-refractivity contribution is 0.143. The summed E-state index contributed by atoms with van der Waals surface area (Å²) >= 11 is 0. The molecular formula is C18H31N3O2. The fourth-order valence-electron chi connectivity index (χ4n) is 3.39. The van der Waals surface area contributed by atoms with Gasteiger partial charge in [0.1, 0.15) is 0 Å². The van der Waals surface area contributed by atoms with Gasteiger partial charge in [-0.05, 0) is 65.5 Å². The van der Waals surface area contributed by atoms with Crippen molar-refractivity contribution in [3.05, 3.63) is 17.7 Å². The van der Waals surface area contributed by atoms with Gasteiger partial charge in [-0.25, -0.2) is 0 Å². The van der Waals surface area contributed by atoms with Crippen LogP contribution >= 0.6 is 0 Å². The van der Waals surface area contributed by atoms with Crippen molar-refractivity contribution in [2.45, 2.75) is 31.7 Å². The third kappa shape index (κ3) is 4.75. The number of nitrogens with two attached hydrogens (primary N) is 1. The molecule has 2 rings (SSSR count). The van der Waals surface area contributed by atoms with E-state index in [2.05, 4.69) is 23.9 Å². The van der Waals surface area contributed by atoms with Crippen LogP contribution in [-0.2, 0) is 6.42 Å². The summed E-state index contributed by atoms with van der Waals surface area (Å²) in [4.78, 5) is 4.91. The van der Waals surface area contributed by atoms with E-state index < -0.39 is 0 Å². The molecule has 1 heterocycles. The highest BCUT2D eigenvalue weighted by Crippen LogP contribution is 2.34. The number of nitrogen functional groups attached to an aromatic ring is 1. The monoisotopic (exact) mass is 321 g/mol. The molecule has 1 aliphatic heterocycles. The number of likely N-dealkylation sites (tertiary alicyclic amines) is 1. The lowest BCUT2D eigenvalue weighted by Crippen LogP contribution is -2.42. The molecule has 0 atom stereocenters. The average molecular weight is 321 g/mol. The number of rotatable bonds is 7. The Morgan fingerprint density at radius 1 is 1.22 bits per heavy atom. The minimum Gasteiger partial charge on any atom is -0.493 e. The molecule has 0 aliphatic carbocycles. The van der Waals surface area contributed by atoms with Crippen LogP contribution in [0.25, 0.3) is 0 Å². The van der Waals surface area contributed by atoms with Gasteiger partial charge < -0.3 is 25.0 Å². The molecular weight excluding hydrogens is 290 g/mol. The van der Waals surface area contributed by atoms with Crippen LogP contribution in [0.4, 0.5) is 5.69 Å². The Morgan fingerprint density at radius 3 is 2.52 bits per heavy atom. The van der Waals surface area contributed by atoms with Gasteiger partial charge in [0.2, 0.25) is 0 Å². The molecule has 1 aliphatic rings. The maximum Gasteiger partial charge on any atom is 0.164 e. The fraction of sp³-hybridized carbons (Fsp3) is 0.667. The molecule has 5 nitrogen and oxygen atoms in total. The van der Waals surface area contributed by atoms with E-state index in [1.165, 1.54) is 25.9 Å². The zero-order valence-corrected chi connectivity index (χ0v) is 15.0. The van der Waals surface area contributed by atoms with Gasteiger partial charge >= 0.3 is 0 Å². The van der Waals surface area contributed by atoms with Crippen LogP contribution in [-0.4, -0.2) is 63.8 Å². The first kappa shape index (κ1) is 17.9. The normalized spacial score (nSPS) is 16.7. The van der Waals surface area contributed by atoms with Crippen molar-refractivity contribution >= 4 is 5.69 Å². The summed E-state index contributed by atoms with van der Waals surface area (Å²) in [6, 6.07) is 4.52. The molecule has 1 aromatic carbocycles. The van der Waals surface area contributed by atoms with E-state index in [1.807, 2.05) is 12.1 Å². The van der Waals surface area contributed by atoms with Gasteiger partial charge in [0.25, 0.3) is 0 Å². The average Bonchev–Trinajstić information content (AvgIpc) is 2.54. The molecule has 0 unspecified atom stereocenters. The summed E-state index contributed by atoms with van der Waals surface area (Å²) in [6.45, 7) is 3.50. The second-order valence-corrected chi connectivity index (χ2v) is 6.53. The molecule has 1 fully saturated rings. The molecule has 1 aromatic rings. The number of hydrogen-bond donors (Lipinski definition) is 1. The molecule has 0 aromatic heterocycles. The maximum absolute atomic E-state index is 5.97. The van der Waals surface area contributed by atoms with Gasteiger partial charge in [-0.1, -0.05) is 0 Å². The maximum atomic E-state index is 5.97. The molecule has 23 heavy (non-hydrogen) atoms. The third-order valence-electron chi connectivity index (χ3n) is 4.85. The molecule has 5 heteroatoms. The largest absolute Gasteiger partial charge is 0.493 e. The predicted octanol–water partition coefficient (Wildman–Crippen LogP) is 2.24. The third-order valence-corrected chi connectivity index (χ3v) is 4.85. The first-order chi connectivity index (χ1) is 11.0. The summed E-state index contributed by atoms with van der Waals surface area (Å²) in [5.74, 6) is 1.52. The number of hydrogen-bond acceptors (Lipinski definition) is 5. The Bertz CT molecular complexity index is 499. The summed E-state index contributed by atoms with van der Waals surface area (Å²) in [7, 11) is 7.78. The lowest BCUT2D eigenvalue weighted by Gasteiger charge is -2.35. The zero-order valence-electron chi connectivity index (χ0n) is 15.0. The first-order valence-electron chi connectivity index (χ1n) is 8.44. The van der Waals surface area contributed by atoms with E-state index in [9.17, 15) is 0 Å². The Labute approximate surface area is 140 Å². The van der Waals surface area contributed by atoms with Gasteiger partial charge in [-0.3, -0.25) is 0 Å². The Morgan fingerprint density at radius 2 is 1.91 bits per heavy atom. The molecule has 0 amide bonds. The van der Waals surface area contributed by atoms with Crippen molar-refractivity contribution in [3.63, 3.8) is 0 Å². The molecule has 0 saturated carbocycles. The lowest BCUT2D eigenvalue weighted by atomic mass is 10.0. The number of piperidine rings is 1. The smallest absolute Gasteiger partial charge is 0.164 e. The van der Waals surface area contributed by atoms with Crippen LogP contribution < -0.4 is 15.2 Å². The van der Waals surface area contributed by atoms with Crippen LogP contribution in [0.5, 0.6) is 11.5 Å². The van der Waals surface area contributed by atoms with Crippen molar-refractivity contribution in [2.24, 2.45) is 0 Å². The number of nitrogens with zero attached hydrogens (tertiary/aromatic N) is 2.